The first kappa shape index (κ1) is 10.7. The molecule has 0 fully saturated rings. The van der Waals surface area contributed by atoms with Crippen LogP contribution in [0, 0.1) is 5.41 Å². The summed E-state index contributed by atoms with van der Waals surface area (Å²) in [5.74, 6) is -2.22. The van der Waals surface area contributed by atoms with Crippen LogP contribution in [-0.4, -0.2) is 22.2 Å². The van der Waals surface area contributed by atoms with Gasteiger partial charge in [0.25, 0.3) is 0 Å². The molecule has 0 rings (SSSR count). The Labute approximate surface area is 70.5 Å². The lowest BCUT2D eigenvalue weighted by molar-refractivity contribution is -0.154. The van der Waals surface area contributed by atoms with Crippen LogP contribution in [0.2, 0.25) is 0 Å². The van der Waals surface area contributed by atoms with E-state index in [0.717, 1.165) is 0 Å². The van der Waals surface area contributed by atoms with Gasteiger partial charge >= 0.3 is 11.9 Å². The zero-order valence-electron chi connectivity index (χ0n) is 6.91. The van der Waals surface area contributed by atoms with Crippen molar-refractivity contribution in [2.45, 2.75) is 19.8 Å². The van der Waals surface area contributed by atoms with Crippen LogP contribution >= 0.6 is 0 Å². The molecule has 1 unspecified atom stereocenters. The van der Waals surface area contributed by atoms with Gasteiger partial charge in [0.2, 0.25) is 0 Å². The van der Waals surface area contributed by atoms with Crippen molar-refractivity contribution in [1.29, 1.82) is 0 Å². The summed E-state index contributed by atoms with van der Waals surface area (Å²) in [6.07, 6.45) is 1.19. The van der Waals surface area contributed by atoms with E-state index in [1.54, 1.807) is 0 Å². The number of aliphatic carboxylic acids is 2. The van der Waals surface area contributed by atoms with Gasteiger partial charge < -0.3 is 10.2 Å². The summed E-state index contributed by atoms with van der Waals surface area (Å²) in [5, 5.41) is 17.1. The van der Waals surface area contributed by atoms with E-state index >= 15 is 0 Å². The van der Waals surface area contributed by atoms with Crippen LogP contribution in [0.25, 0.3) is 0 Å². The first-order valence-corrected chi connectivity index (χ1v) is 3.48. The second-order valence-electron chi connectivity index (χ2n) is 2.93. The quantitative estimate of drug-likeness (QED) is 0.609. The van der Waals surface area contributed by atoms with E-state index in [1.165, 1.54) is 13.0 Å². The Morgan fingerprint density at radius 3 is 2.25 bits per heavy atom. The van der Waals surface area contributed by atoms with Crippen LogP contribution in [-0.2, 0) is 9.59 Å². The van der Waals surface area contributed by atoms with Crippen LogP contribution in [0.15, 0.2) is 12.7 Å². The SMILES string of the molecule is C=CCC(C)(CC(=O)O)C(=O)O. The maximum Gasteiger partial charge on any atom is 0.310 e. The monoisotopic (exact) mass is 172 g/mol. The molecule has 0 bridgehead atoms. The Morgan fingerprint density at radius 1 is 1.50 bits per heavy atom. The third-order valence-corrected chi connectivity index (χ3v) is 1.65. The van der Waals surface area contributed by atoms with Gasteiger partial charge in [-0.2, -0.15) is 0 Å². The minimum atomic E-state index is -1.23. The smallest absolute Gasteiger partial charge is 0.310 e. The van der Waals surface area contributed by atoms with Gasteiger partial charge in [-0.05, 0) is 13.3 Å². The van der Waals surface area contributed by atoms with Crippen molar-refractivity contribution in [3.63, 3.8) is 0 Å². The van der Waals surface area contributed by atoms with Gasteiger partial charge in [0.1, 0.15) is 0 Å². The van der Waals surface area contributed by atoms with E-state index in [2.05, 4.69) is 6.58 Å². The highest BCUT2D eigenvalue weighted by Crippen LogP contribution is 2.26. The maximum absolute atomic E-state index is 10.6. The summed E-state index contributed by atoms with van der Waals surface area (Å²) in [5.41, 5.74) is -1.23. The van der Waals surface area contributed by atoms with E-state index < -0.39 is 17.4 Å². The topological polar surface area (TPSA) is 74.6 Å². The van der Waals surface area contributed by atoms with Gasteiger partial charge in [-0.1, -0.05) is 6.08 Å². The van der Waals surface area contributed by atoms with Gasteiger partial charge in [0, 0.05) is 0 Å². The highest BCUT2D eigenvalue weighted by Gasteiger charge is 2.34. The molecule has 2 N–H and O–H groups in total. The molecule has 12 heavy (non-hydrogen) atoms. The van der Waals surface area contributed by atoms with Crippen molar-refractivity contribution in [2.75, 3.05) is 0 Å². The van der Waals surface area contributed by atoms with E-state index in [4.69, 9.17) is 10.2 Å². The predicted octanol–water partition coefficient (Wildman–Crippen LogP) is 1.13. The number of hydrogen-bond acceptors (Lipinski definition) is 2. The average Bonchev–Trinajstić information content (AvgIpc) is 1.85. The molecule has 0 aliphatic rings. The highest BCUT2D eigenvalue weighted by atomic mass is 16.4. The summed E-state index contributed by atoms with van der Waals surface area (Å²) in [6.45, 7) is 4.77. The molecule has 4 heteroatoms. The van der Waals surface area contributed by atoms with Crippen LogP contribution in [0.1, 0.15) is 19.8 Å². The highest BCUT2D eigenvalue weighted by molar-refractivity contribution is 5.81. The zero-order chi connectivity index (χ0) is 9.78. The third-order valence-electron chi connectivity index (χ3n) is 1.65. The molecule has 4 nitrogen and oxygen atoms in total. The molecule has 0 aromatic heterocycles. The van der Waals surface area contributed by atoms with Crippen molar-refractivity contribution in [3.05, 3.63) is 12.7 Å². The lowest BCUT2D eigenvalue weighted by Gasteiger charge is -2.20. The maximum atomic E-state index is 10.6. The number of rotatable bonds is 5. The number of hydrogen-bond donors (Lipinski definition) is 2. The molecule has 0 saturated carbocycles. The number of allylic oxidation sites excluding steroid dienone is 1. The van der Waals surface area contributed by atoms with Gasteiger partial charge in [-0.25, -0.2) is 0 Å². The van der Waals surface area contributed by atoms with Crippen LogP contribution < -0.4 is 0 Å². The van der Waals surface area contributed by atoms with Gasteiger partial charge in [-0.3, -0.25) is 9.59 Å². The lowest BCUT2D eigenvalue weighted by Crippen LogP contribution is -2.29. The average molecular weight is 172 g/mol. The third kappa shape index (κ3) is 2.74. The van der Waals surface area contributed by atoms with E-state index in [9.17, 15) is 9.59 Å². The number of carbonyl (C=O) groups is 2. The van der Waals surface area contributed by atoms with E-state index in [0.29, 0.717) is 0 Å². The molecule has 0 radical (unpaired) electrons. The Balaban J connectivity index is 4.49. The van der Waals surface area contributed by atoms with E-state index in [1.807, 2.05) is 0 Å². The number of carboxylic acids is 2. The molecular formula is C8H12O4. The minimum Gasteiger partial charge on any atom is -0.481 e. The molecule has 0 heterocycles. The largest absolute Gasteiger partial charge is 0.481 e. The van der Waals surface area contributed by atoms with Crippen molar-refractivity contribution < 1.29 is 19.8 Å². The Bertz CT molecular complexity index is 209. The van der Waals surface area contributed by atoms with Crippen molar-refractivity contribution in [3.8, 4) is 0 Å². The standard InChI is InChI=1S/C8H12O4/c1-3-4-8(2,7(11)12)5-6(9)10/h3H,1,4-5H2,2H3,(H,9,10)(H,11,12). The van der Waals surface area contributed by atoms with Gasteiger partial charge in [0.05, 0.1) is 11.8 Å². The van der Waals surface area contributed by atoms with Crippen LogP contribution in [0.5, 0.6) is 0 Å². The van der Waals surface area contributed by atoms with Crippen molar-refractivity contribution in [1.82, 2.24) is 0 Å². The summed E-state index contributed by atoms with van der Waals surface area (Å²) in [6, 6.07) is 0. The fourth-order valence-corrected chi connectivity index (χ4v) is 0.887. The second kappa shape index (κ2) is 3.90. The van der Waals surface area contributed by atoms with Crippen LogP contribution in [0.4, 0.5) is 0 Å². The van der Waals surface area contributed by atoms with Gasteiger partial charge in [0.15, 0.2) is 0 Å². The first-order chi connectivity index (χ1) is 5.42. The zero-order valence-corrected chi connectivity index (χ0v) is 6.91. The molecule has 1 atom stereocenters. The lowest BCUT2D eigenvalue weighted by atomic mass is 9.83. The molecule has 0 aromatic rings. The Hall–Kier alpha value is -1.32. The van der Waals surface area contributed by atoms with Crippen molar-refractivity contribution >= 4 is 11.9 Å². The molecule has 0 aliphatic heterocycles. The summed E-state index contributed by atoms with van der Waals surface area (Å²) in [7, 11) is 0. The predicted molar refractivity (Wildman–Crippen MR) is 42.8 cm³/mol. The van der Waals surface area contributed by atoms with Crippen LogP contribution in [0.3, 0.4) is 0 Å². The normalized spacial score (nSPS) is 14.8. The molecule has 68 valence electrons. The number of carboxylic acid groups (broad SMARTS) is 2. The molecule has 0 saturated heterocycles. The van der Waals surface area contributed by atoms with Crippen molar-refractivity contribution in [2.24, 2.45) is 5.41 Å². The summed E-state index contributed by atoms with van der Waals surface area (Å²) in [4.78, 5) is 20.9. The van der Waals surface area contributed by atoms with Gasteiger partial charge in [-0.15, -0.1) is 6.58 Å². The Kier molecular flexibility index (Phi) is 3.47. The fourth-order valence-electron chi connectivity index (χ4n) is 0.887. The molecule has 0 aromatic carbocycles. The minimum absolute atomic E-state index is 0.161. The fraction of sp³-hybridized carbons (Fsp3) is 0.500. The first-order valence-electron chi connectivity index (χ1n) is 3.48. The summed E-state index contributed by atoms with van der Waals surface area (Å²) < 4.78 is 0. The molecule has 0 amide bonds. The molecule has 0 spiro atoms. The Morgan fingerprint density at radius 2 is 2.00 bits per heavy atom. The van der Waals surface area contributed by atoms with E-state index in [-0.39, 0.29) is 12.8 Å². The molecular weight excluding hydrogens is 160 g/mol. The summed E-state index contributed by atoms with van der Waals surface area (Å²) >= 11 is 0. The second-order valence-corrected chi connectivity index (χ2v) is 2.93. The molecule has 0 aliphatic carbocycles.